The van der Waals surface area contributed by atoms with E-state index in [2.05, 4.69) is 17.2 Å². The first-order valence-electron chi connectivity index (χ1n) is 11.8. The molecule has 0 heterocycles. The van der Waals surface area contributed by atoms with Crippen LogP contribution in [0.15, 0.2) is 43.0 Å². The van der Waals surface area contributed by atoms with Crippen LogP contribution in [0.3, 0.4) is 0 Å². The van der Waals surface area contributed by atoms with Crippen molar-refractivity contribution in [2.45, 2.75) is 90.1 Å². The third kappa shape index (κ3) is 12.3. The minimum absolute atomic E-state index is 0.160. The smallest absolute Gasteiger partial charge is 0.326 e. The summed E-state index contributed by atoms with van der Waals surface area (Å²) in [5.74, 6) is -1.52. The first-order valence-corrected chi connectivity index (χ1v) is 11.8. The van der Waals surface area contributed by atoms with Crippen LogP contribution in [-0.2, 0) is 20.8 Å². The van der Waals surface area contributed by atoms with Gasteiger partial charge in [-0.15, -0.1) is 6.58 Å². The zero-order valence-corrected chi connectivity index (χ0v) is 19.6. The number of hydrogen-bond donors (Lipinski definition) is 3. The Morgan fingerprint density at radius 3 is 2.16 bits per heavy atom. The van der Waals surface area contributed by atoms with E-state index < -0.39 is 24.0 Å². The standard InChI is InChI=1S/C26H40N2O4/c1-4-5-6-7-8-9-10-14-17-24(29)27-22(18-20(2)3)25(30)28-23(26(31)32)19-21-15-12-11-13-16-21/h4,11-13,15-16,20,22-23H,1,5-10,14,17-19H2,2-3H3,(H,27,29)(H,28,30)(H,31,32). The molecule has 0 saturated carbocycles. The number of hydrogen-bond acceptors (Lipinski definition) is 3. The molecule has 0 aliphatic heterocycles. The number of unbranched alkanes of at least 4 members (excludes halogenated alkanes) is 6. The Bertz CT molecular complexity index is 703. The summed E-state index contributed by atoms with van der Waals surface area (Å²) in [4.78, 5) is 36.9. The van der Waals surface area contributed by atoms with Gasteiger partial charge in [0, 0.05) is 12.8 Å². The number of aliphatic carboxylic acids is 1. The van der Waals surface area contributed by atoms with Gasteiger partial charge < -0.3 is 15.7 Å². The molecule has 0 aliphatic carbocycles. The summed E-state index contributed by atoms with van der Waals surface area (Å²) in [7, 11) is 0. The minimum Gasteiger partial charge on any atom is -0.480 e. The van der Waals surface area contributed by atoms with Crippen molar-refractivity contribution in [1.29, 1.82) is 0 Å². The molecule has 0 saturated heterocycles. The summed E-state index contributed by atoms with van der Waals surface area (Å²) in [5, 5.41) is 15.0. The molecule has 0 bridgehead atoms. The number of benzene rings is 1. The van der Waals surface area contributed by atoms with Crippen LogP contribution in [0.5, 0.6) is 0 Å². The Labute approximate surface area is 192 Å². The van der Waals surface area contributed by atoms with Crippen molar-refractivity contribution in [2.24, 2.45) is 5.92 Å². The molecule has 2 unspecified atom stereocenters. The van der Waals surface area contributed by atoms with Gasteiger partial charge in [-0.05, 0) is 37.2 Å². The van der Waals surface area contributed by atoms with Gasteiger partial charge in [0.05, 0.1) is 0 Å². The van der Waals surface area contributed by atoms with Crippen molar-refractivity contribution in [3.63, 3.8) is 0 Å². The quantitative estimate of drug-likeness (QED) is 0.241. The first-order chi connectivity index (χ1) is 15.3. The molecule has 32 heavy (non-hydrogen) atoms. The molecule has 6 heteroatoms. The molecule has 1 rings (SSSR count). The van der Waals surface area contributed by atoms with Gasteiger partial charge in [0.25, 0.3) is 0 Å². The van der Waals surface area contributed by atoms with Crippen molar-refractivity contribution in [1.82, 2.24) is 10.6 Å². The summed E-state index contributed by atoms with van der Waals surface area (Å²) in [6, 6.07) is 7.40. The lowest BCUT2D eigenvalue weighted by atomic mass is 10.0. The van der Waals surface area contributed by atoms with Crippen LogP contribution < -0.4 is 10.6 Å². The number of carboxylic acids is 1. The fourth-order valence-corrected chi connectivity index (χ4v) is 3.57. The molecular weight excluding hydrogens is 404 g/mol. The lowest BCUT2D eigenvalue weighted by Crippen LogP contribution is -2.52. The van der Waals surface area contributed by atoms with Crippen LogP contribution in [0.25, 0.3) is 0 Å². The summed E-state index contributed by atoms with van der Waals surface area (Å²) in [6.07, 6.45) is 10.4. The molecule has 178 valence electrons. The van der Waals surface area contributed by atoms with E-state index in [1.807, 2.05) is 50.3 Å². The van der Waals surface area contributed by atoms with Gasteiger partial charge in [-0.25, -0.2) is 4.79 Å². The fourth-order valence-electron chi connectivity index (χ4n) is 3.57. The second kappa shape index (κ2) is 16.1. The summed E-state index contributed by atoms with van der Waals surface area (Å²) < 4.78 is 0. The molecule has 0 fully saturated rings. The van der Waals surface area contributed by atoms with Crippen molar-refractivity contribution in [3.8, 4) is 0 Å². The molecule has 1 aromatic carbocycles. The highest BCUT2D eigenvalue weighted by atomic mass is 16.4. The third-order valence-electron chi connectivity index (χ3n) is 5.32. The van der Waals surface area contributed by atoms with Crippen LogP contribution in [0.1, 0.15) is 77.2 Å². The van der Waals surface area contributed by atoms with E-state index in [0.717, 1.165) is 44.1 Å². The largest absolute Gasteiger partial charge is 0.480 e. The van der Waals surface area contributed by atoms with Crippen LogP contribution in [0.4, 0.5) is 0 Å². The highest BCUT2D eigenvalue weighted by molar-refractivity contribution is 5.90. The number of nitrogens with one attached hydrogen (secondary N) is 2. The molecule has 2 atom stereocenters. The average Bonchev–Trinajstić information content (AvgIpc) is 2.75. The first kappa shape index (κ1) is 27.4. The number of rotatable bonds is 17. The maximum absolute atomic E-state index is 12.8. The molecule has 2 amide bonds. The molecule has 0 radical (unpaired) electrons. The summed E-state index contributed by atoms with van der Waals surface area (Å²) in [6.45, 7) is 7.66. The molecule has 0 aromatic heterocycles. The predicted molar refractivity (Wildman–Crippen MR) is 128 cm³/mol. The van der Waals surface area contributed by atoms with E-state index in [0.29, 0.717) is 12.8 Å². The number of carbonyl (C=O) groups excluding carboxylic acids is 2. The zero-order valence-electron chi connectivity index (χ0n) is 19.6. The Kier molecular flexibility index (Phi) is 13.8. The maximum Gasteiger partial charge on any atom is 0.326 e. The van der Waals surface area contributed by atoms with Crippen LogP contribution in [-0.4, -0.2) is 35.0 Å². The Balaban J connectivity index is 2.52. The van der Waals surface area contributed by atoms with E-state index in [1.165, 1.54) is 6.42 Å². The molecule has 3 N–H and O–H groups in total. The molecule has 0 aliphatic rings. The highest BCUT2D eigenvalue weighted by Crippen LogP contribution is 2.11. The van der Waals surface area contributed by atoms with E-state index >= 15 is 0 Å². The number of allylic oxidation sites excluding steroid dienone is 1. The highest BCUT2D eigenvalue weighted by Gasteiger charge is 2.27. The predicted octanol–water partition coefficient (Wildman–Crippen LogP) is 4.64. The van der Waals surface area contributed by atoms with Crippen LogP contribution in [0.2, 0.25) is 0 Å². The van der Waals surface area contributed by atoms with Crippen molar-refractivity contribution >= 4 is 17.8 Å². The maximum atomic E-state index is 12.8. The Hall–Kier alpha value is -2.63. The second-order valence-electron chi connectivity index (χ2n) is 8.79. The number of carboxylic acid groups (broad SMARTS) is 1. The summed E-state index contributed by atoms with van der Waals surface area (Å²) >= 11 is 0. The van der Waals surface area contributed by atoms with E-state index in [1.54, 1.807) is 0 Å². The van der Waals surface area contributed by atoms with Gasteiger partial charge in [-0.2, -0.15) is 0 Å². The van der Waals surface area contributed by atoms with Crippen LogP contribution >= 0.6 is 0 Å². The minimum atomic E-state index is -1.09. The third-order valence-corrected chi connectivity index (χ3v) is 5.32. The zero-order chi connectivity index (χ0) is 23.8. The van der Waals surface area contributed by atoms with Gasteiger partial charge in [0.2, 0.25) is 11.8 Å². The monoisotopic (exact) mass is 444 g/mol. The van der Waals surface area contributed by atoms with Crippen LogP contribution in [0, 0.1) is 5.92 Å². The van der Waals surface area contributed by atoms with Gasteiger partial charge >= 0.3 is 5.97 Å². The van der Waals surface area contributed by atoms with E-state index in [4.69, 9.17) is 0 Å². The number of amides is 2. The van der Waals surface area contributed by atoms with Gasteiger partial charge in [0.1, 0.15) is 12.1 Å². The fraction of sp³-hybridized carbons (Fsp3) is 0.577. The normalized spacial score (nSPS) is 12.7. The topological polar surface area (TPSA) is 95.5 Å². The van der Waals surface area contributed by atoms with E-state index in [9.17, 15) is 19.5 Å². The SMILES string of the molecule is C=CCCCCCCCCC(=O)NC(CC(C)C)C(=O)NC(Cc1ccccc1)C(=O)O. The number of carbonyl (C=O) groups is 3. The molecule has 1 aromatic rings. The van der Waals surface area contributed by atoms with Crippen molar-refractivity contribution in [3.05, 3.63) is 48.6 Å². The summed E-state index contributed by atoms with van der Waals surface area (Å²) in [5.41, 5.74) is 0.828. The molecule has 6 nitrogen and oxygen atoms in total. The van der Waals surface area contributed by atoms with E-state index in [-0.39, 0.29) is 18.2 Å². The lowest BCUT2D eigenvalue weighted by Gasteiger charge is -2.23. The van der Waals surface area contributed by atoms with Gasteiger partial charge in [-0.1, -0.05) is 75.9 Å². The molecular formula is C26H40N2O4. The second-order valence-corrected chi connectivity index (χ2v) is 8.79. The average molecular weight is 445 g/mol. The van der Waals surface area contributed by atoms with Crippen molar-refractivity contribution in [2.75, 3.05) is 0 Å². The van der Waals surface area contributed by atoms with Gasteiger partial charge in [0.15, 0.2) is 0 Å². The Morgan fingerprint density at radius 2 is 1.56 bits per heavy atom. The lowest BCUT2D eigenvalue weighted by molar-refractivity contribution is -0.142. The van der Waals surface area contributed by atoms with Gasteiger partial charge in [-0.3, -0.25) is 9.59 Å². The Morgan fingerprint density at radius 1 is 0.938 bits per heavy atom. The van der Waals surface area contributed by atoms with Crippen molar-refractivity contribution < 1.29 is 19.5 Å². The molecule has 0 spiro atoms.